The number of nitrogens with two attached hydrogens (primary N) is 1. The van der Waals surface area contributed by atoms with E-state index in [1.54, 1.807) is 6.92 Å². The average molecular weight is 301 g/mol. The molecule has 0 aromatic heterocycles. The van der Waals surface area contributed by atoms with Gasteiger partial charge in [0, 0.05) is 0 Å². The second-order valence-electron chi connectivity index (χ2n) is 4.66. The van der Waals surface area contributed by atoms with E-state index in [2.05, 4.69) is 5.32 Å². The van der Waals surface area contributed by atoms with Gasteiger partial charge in [-0.1, -0.05) is 13.0 Å². The highest BCUT2D eigenvalue weighted by molar-refractivity contribution is 5.85. The zero-order chi connectivity index (χ0) is 13.8. The second-order valence-corrected chi connectivity index (χ2v) is 4.66. The Morgan fingerprint density at radius 2 is 2.00 bits per heavy atom. The number of rotatable bonds is 4. The largest absolute Gasteiger partial charge is 0.486 e. The first-order valence-electron chi connectivity index (χ1n) is 6.57. The Bertz CT molecular complexity index is 466. The van der Waals surface area contributed by atoms with Gasteiger partial charge in [-0.2, -0.15) is 0 Å². The summed E-state index contributed by atoms with van der Waals surface area (Å²) in [6.45, 7) is 4.82. The van der Waals surface area contributed by atoms with Crippen LogP contribution < -0.4 is 20.5 Å². The van der Waals surface area contributed by atoms with Crippen molar-refractivity contribution in [3.05, 3.63) is 23.8 Å². The first-order chi connectivity index (χ1) is 9.11. The van der Waals surface area contributed by atoms with E-state index >= 15 is 0 Å². The third-order valence-corrected chi connectivity index (χ3v) is 3.11. The Balaban J connectivity index is 0.00000200. The molecule has 1 aliphatic rings. The van der Waals surface area contributed by atoms with Crippen molar-refractivity contribution in [1.82, 2.24) is 5.32 Å². The lowest BCUT2D eigenvalue weighted by molar-refractivity contribution is -0.122. The lowest BCUT2D eigenvalue weighted by Crippen LogP contribution is -2.40. The minimum atomic E-state index is -0.508. The van der Waals surface area contributed by atoms with Crippen LogP contribution in [-0.4, -0.2) is 25.2 Å². The van der Waals surface area contributed by atoms with Crippen molar-refractivity contribution < 1.29 is 14.3 Å². The predicted molar refractivity (Wildman–Crippen MR) is 79.5 cm³/mol. The number of hydrogen-bond acceptors (Lipinski definition) is 4. The van der Waals surface area contributed by atoms with Gasteiger partial charge >= 0.3 is 0 Å². The van der Waals surface area contributed by atoms with Crippen molar-refractivity contribution in [1.29, 1.82) is 0 Å². The van der Waals surface area contributed by atoms with Gasteiger partial charge in [0.25, 0.3) is 0 Å². The van der Waals surface area contributed by atoms with Gasteiger partial charge in [0.1, 0.15) is 13.2 Å². The Kier molecular flexibility index (Phi) is 6.10. The minimum Gasteiger partial charge on any atom is -0.486 e. The van der Waals surface area contributed by atoms with Crippen LogP contribution in [0.3, 0.4) is 0 Å². The number of carbonyl (C=O) groups excluding carboxylic acids is 1. The van der Waals surface area contributed by atoms with Crippen molar-refractivity contribution in [2.75, 3.05) is 13.2 Å². The molecule has 1 unspecified atom stereocenters. The normalized spacial score (nSPS) is 15.8. The van der Waals surface area contributed by atoms with Crippen molar-refractivity contribution >= 4 is 18.3 Å². The number of carbonyl (C=O) groups is 1. The number of ether oxygens (including phenoxy) is 2. The molecule has 112 valence electrons. The highest BCUT2D eigenvalue weighted by Gasteiger charge is 2.18. The molecule has 1 amide bonds. The fourth-order valence-electron chi connectivity index (χ4n) is 2.00. The van der Waals surface area contributed by atoms with E-state index in [1.165, 1.54) is 0 Å². The SMILES string of the molecule is CCC(NC(=O)[C@@H](C)N)c1ccc2c(c1)OCCO2.Cl. The summed E-state index contributed by atoms with van der Waals surface area (Å²) < 4.78 is 11.0. The molecule has 0 saturated carbocycles. The van der Waals surface area contributed by atoms with Crippen LogP contribution in [0.15, 0.2) is 18.2 Å². The lowest BCUT2D eigenvalue weighted by Gasteiger charge is -2.22. The maximum absolute atomic E-state index is 11.7. The van der Waals surface area contributed by atoms with Gasteiger partial charge in [-0.25, -0.2) is 0 Å². The van der Waals surface area contributed by atoms with Gasteiger partial charge < -0.3 is 20.5 Å². The summed E-state index contributed by atoms with van der Waals surface area (Å²) in [5.41, 5.74) is 6.57. The molecule has 6 heteroatoms. The molecule has 0 radical (unpaired) electrons. The highest BCUT2D eigenvalue weighted by atomic mass is 35.5. The van der Waals surface area contributed by atoms with E-state index in [4.69, 9.17) is 15.2 Å². The van der Waals surface area contributed by atoms with Crippen molar-refractivity contribution in [3.63, 3.8) is 0 Å². The Morgan fingerprint density at radius 1 is 1.35 bits per heavy atom. The highest BCUT2D eigenvalue weighted by Crippen LogP contribution is 2.33. The first-order valence-corrected chi connectivity index (χ1v) is 6.57. The molecule has 1 aromatic carbocycles. The van der Waals surface area contributed by atoms with Crippen LogP contribution in [0.5, 0.6) is 11.5 Å². The molecule has 1 aliphatic heterocycles. The smallest absolute Gasteiger partial charge is 0.237 e. The van der Waals surface area contributed by atoms with E-state index in [1.807, 2.05) is 25.1 Å². The zero-order valence-electron chi connectivity index (χ0n) is 11.7. The monoisotopic (exact) mass is 300 g/mol. The minimum absolute atomic E-state index is 0. The number of amides is 1. The van der Waals surface area contributed by atoms with Crippen LogP contribution in [0, 0.1) is 0 Å². The maximum atomic E-state index is 11.7. The molecule has 0 saturated heterocycles. The molecule has 2 rings (SSSR count). The molecular weight excluding hydrogens is 280 g/mol. The second kappa shape index (κ2) is 7.36. The molecule has 0 fully saturated rings. The Labute approximate surface area is 125 Å². The van der Waals surface area contributed by atoms with E-state index in [9.17, 15) is 4.79 Å². The molecule has 2 atom stereocenters. The van der Waals surface area contributed by atoms with Gasteiger partial charge in [0.15, 0.2) is 11.5 Å². The zero-order valence-corrected chi connectivity index (χ0v) is 12.5. The standard InChI is InChI=1S/C14H20N2O3.ClH/c1-3-11(16-14(17)9(2)15)10-4-5-12-13(8-10)19-7-6-18-12;/h4-5,8-9,11H,3,6-7,15H2,1-2H3,(H,16,17);1H/t9-,11?;/m1./s1. The Hall–Kier alpha value is -1.46. The Morgan fingerprint density at radius 3 is 2.60 bits per heavy atom. The summed E-state index contributed by atoms with van der Waals surface area (Å²) in [7, 11) is 0. The van der Waals surface area contributed by atoms with Gasteiger partial charge in [-0.3, -0.25) is 4.79 Å². The summed E-state index contributed by atoms with van der Waals surface area (Å²) in [5, 5.41) is 2.93. The van der Waals surface area contributed by atoms with Gasteiger partial charge in [-0.15, -0.1) is 12.4 Å². The summed E-state index contributed by atoms with van der Waals surface area (Å²) in [6, 6.07) is 5.18. The van der Waals surface area contributed by atoms with E-state index < -0.39 is 6.04 Å². The van der Waals surface area contributed by atoms with Crippen molar-refractivity contribution in [2.45, 2.75) is 32.4 Å². The van der Waals surface area contributed by atoms with Crippen molar-refractivity contribution in [3.8, 4) is 11.5 Å². The van der Waals surface area contributed by atoms with Crippen LogP contribution in [0.4, 0.5) is 0 Å². The van der Waals surface area contributed by atoms with E-state index in [0.29, 0.717) is 13.2 Å². The van der Waals surface area contributed by atoms with E-state index in [0.717, 1.165) is 23.5 Å². The maximum Gasteiger partial charge on any atom is 0.237 e. The molecular formula is C14H21ClN2O3. The predicted octanol–water partition coefficient (Wildman–Crippen LogP) is 1.79. The molecule has 0 spiro atoms. The fraction of sp³-hybridized carbons (Fsp3) is 0.500. The van der Waals surface area contributed by atoms with Gasteiger partial charge in [0.05, 0.1) is 12.1 Å². The molecule has 0 aliphatic carbocycles. The lowest BCUT2D eigenvalue weighted by atomic mass is 10.0. The fourth-order valence-corrected chi connectivity index (χ4v) is 2.00. The number of nitrogens with one attached hydrogen (secondary N) is 1. The van der Waals surface area contributed by atoms with Crippen LogP contribution >= 0.6 is 12.4 Å². The number of benzene rings is 1. The molecule has 0 bridgehead atoms. The number of halogens is 1. The third-order valence-electron chi connectivity index (χ3n) is 3.11. The van der Waals surface area contributed by atoms with E-state index in [-0.39, 0.29) is 24.4 Å². The van der Waals surface area contributed by atoms with Gasteiger partial charge in [0.2, 0.25) is 5.91 Å². The van der Waals surface area contributed by atoms with Crippen LogP contribution in [0.1, 0.15) is 31.9 Å². The van der Waals surface area contributed by atoms with Crippen molar-refractivity contribution in [2.24, 2.45) is 5.73 Å². The molecule has 1 heterocycles. The van der Waals surface area contributed by atoms with Crippen LogP contribution in [0.25, 0.3) is 0 Å². The quantitative estimate of drug-likeness (QED) is 0.889. The number of hydrogen-bond donors (Lipinski definition) is 2. The summed E-state index contributed by atoms with van der Waals surface area (Å²) >= 11 is 0. The molecule has 20 heavy (non-hydrogen) atoms. The molecule has 3 N–H and O–H groups in total. The van der Waals surface area contributed by atoms with Crippen LogP contribution in [0.2, 0.25) is 0 Å². The summed E-state index contributed by atoms with van der Waals surface area (Å²) in [6.07, 6.45) is 0.790. The summed E-state index contributed by atoms with van der Waals surface area (Å²) in [4.78, 5) is 11.7. The molecule has 1 aromatic rings. The van der Waals surface area contributed by atoms with Crippen LogP contribution in [-0.2, 0) is 4.79 Å². The third kappa shape index (κ3) is 3.77. The first kappa shape index (κ1) is 16.6. The van der Waals surface area contributed by atoms with Gasteiger partial charge in [-0.05, 0) is 31.0 Å². The summed E-state index contributed by atoms with van der Waals surface area (Å²) in [5.74, 6) is 1.34. The topological polar surface area (TPSA) is 73.6 Å². The average Bonchev–Trinajstić information content (AvgIpc) is 2.43. The molecule has 5 nitrogen and oxygen atoms in total. The number of fused-ring (bicyclic) bond motifs is 1.